The van der Waals surface area contributed by atoms with Crippen molar-refractivity contribution in [3.05, 3.63) is 70.0 Å². The molecular formula is C18H17FN2O2. The second-order valence-corrected chi connectivity index (χ2v) is 5.47. The van der Waals surface area contributed by atoms with Crippen LogP contribution < -0.4 is 10.3 Å². The summed E-state index contributed by atoms with van der Waals surface area (Å²) in [5.74, 6) is 0.146. The van der Waals surface area contributed by atoms with E-state index in [1.807, 2.05) is 19.1 Å². The third-order valence-corrected chi connectivity index (χ3v) is 3.86. The Morgan fingerprint density at radius 3 is 2.78 bits per heavy atom. The Labute approximate surface area is 133 Å². The van der Waals surface area contributed by atoms with Gasteiger partial charge in [-0.1, -0.05) is 12.1 Å². The van der Waals surface area contributed by atoms with Crippen molar-refractivity contribution in [2.75, 3.05) is 7.11 Å². The number of fused-ring (bicyclic) bond motifs is 1. The van der Waals surface area contributed by atoms with E-state index in [1.54, 1.807) is 18.2 Å². The fourth-order valence-electron chi connectivity index (χ4n) is 2.53. The van der Waals surface area contributed by atoms with Crippen LogP contribution in [0.5, 0.6) is 5.75 Å². The summed E-state index contributed by atoms with van der Waals surface area (Å²) in [6, 6.07) is 10.3. The van der Waals surface area contributed by atoms with Gasteiger partial charge in [-0.2, -0.15) is 0 Å². The molecule has 0 aliphatic heterocycles. The number of halogens is 1. The molecular weight excluding hydrogens is 295 g/mol. The second kappa shape index (κ2) is 6.20. The minimum absolute atomic E-state index is 0.107. The van der Waals surface area contributed by atoms with Crippen molar-refractivity contribution >= 4 is 10.9 Å². The maximum atomic E-state index is 14.0. The highest BCUT2D eigenvalue weighted by Gasteiger charge is 2.07. The predicted octanol–water partition coefficient (Wildman–Crippen LogP) is 3.10. The molecule has 0 saturated carbocycles. The maximum absolute atomic E-state index is 14.0. The van der Waals surface area contributed by atoms with E-state index in [2.05, 4.69) is 4.98 Å². The number of hydrogen-bond acceptors (Lipinski definition) is 3. The summed E-state index contributed by atoms with van der Waals surface area (Å²) in [5, 5.41) is 0.577. The van der Waals surface area contributed by atoms with E-state index in [9.17, 15) is 9.18 Å². The molecule has 0 fully saturated rings. The van der Waals surface area contributed by atoms with Gasteiger partial charge in [0.25, 0.3) is 5.56 Å². The van der Waals surface area contributed by atoms with E-state index < -0.39 is 0 Å². The summed E-state index contributed by atoms with van der Waals surface area (Å²) in [6.45, 7) is 2.33. The lowest BCUT2D eigenvalue weighted by atomic mass is 10.1. The van der Waals surface area contributed by atoms with Gasteiger partial charge in [-0.15, -0.1) is 0 Å². The number of benzene rings is 2. The molecule has 0 aliphatic rings. The molecule has 0 amide bonds. The first-order chi connectivity index (χ1) is 11.1. The first-order valence-electron chi connectivity index (χ1n) is 7.36. The van der Waals surface area contributed by atoms with Crippen molar-refractivity contribution < 1.29 is 9.13 Å². The van der Waals surface area contributed by atoms with Crippen molar-refractivity contribution in [3.63, 3.8) is 0 Å². The van der Waals surface area contributed by atoms with Gasteiger partial charge in [-0.3, -0.25) is 9.36 Å². The molecule has 1 heterocycles. The Balaban J connectivity index is 1.86. The third kappa shape index (κ3) is 3.08. The van der Waals surface area contributed by atoms with Crippen LogP contribution >= 0.6 is 0 Å². The Morgan fingerprint density at radius 2 is 2.04 bits per heavy atom. The van der Waals surface area contributed by atoms with E-state index in [0.29, 0.717) is 35.2 Å². The zero-order valence-corrected chi connectivity index (χ0v) is 13.0. The van der Waals surface area contributed by atoms with Gasteiger partial charge in [0.1, 0.15) is 11.6 Å². The van der Waals surface area contributed by atoms with Gasteiger partial charge in [-0.25, -0.2) is 9.37 Å². The largest absolute Gasteiger partial charge is 0.497 e. The molecule has 0 N–H and O–H groups in total. The van der Waals surface area contributed by atoms with Gasteiger partial charge in [0.05, 0.1) is 24.3 Å². The van der Waals surface area contributed by atoms with Crippen LogP contribution in [0.2, 0.25) is 0 Å². The molecule has 5 heteroatoms. The normalized spacial score (nSPS) is 10.9. The standard InChI is InChI=1S/C18H17FN2O2/c1-12-3-6-15-17(9-12)20-11-21(18(15)22)8-7-13-4-5-14(23-2)10-16(13)19/h3-6,9-11H,7-8H2,1-2H3. The summed E-state index contributed by atoms with van der Waals surface area (Å²) < 4.78 is 20.5. The van der Waals surface area contributed by atoms with Gasteiger partial charge < -0.3 is 4.74 Å². The van der Waals surface area contributed by atoms with Crippen molar-refractivity contribution in [1.82, 2.24) is 9.55 Å². The molecule has 0 atom stereocenters. The molecule has 3 aromatic rings. The Bertz CT molecular complexity index is 919. The lowest BCUT2D eigenvalue weighted by Crippen LogP contribution is -2.21. The number of nitrogens with zero attached hydrogens (tertiary/aromatic N) is 2. The van der Waals surface area contributed by atoms with Gasteiger partial charge in [-0.05, 0) is 42.7 Å². The first-order valence-corrected chi connectivity index (χ1v) is 7.36. The molecule has 0 saturated heterocycles. The molecule has 2 aromatic carbocycles. The number of hydrogen-bond donors (Lipinski definition) is 0. The quantitative estimate of drug-likeness (QED) is 0.743. The zero-order chi connectivity index (χ0) is 16.4. The van der Waals surface area contributed by atoms with Crippen molar-refractivity contribution in [3.8, 4) is 5.75 Å². The Kier molecular flexibility index (Phi) is 4.10. The first kappa shape index (κ1) is 15.2. The van der Waals surface area contributed by atoms with E-state index in [-0.39, 0.29) is 11.4 Å². The number of ether oxygens (including phenoxy) is 1. The van der Waals surface area contributed by atoms with Crippen LogP contribution in [0.4, 0.5) is 4.39 Å². The van der Waals surface area contributed by atoms with Gasteiger partial charge >= 0.3 is 0 Å². The number of aryl methyl sites for hydroxylation is 3. The third-order valence-electron chi connectivity index (χ3n) is 3.86. The van der Waals surface area contributed by atoms with Crippen LogP contribution in [-0.4, -0.2) is 16.7 Å². The average molecular weight is 312 g/mol. The molecule has 118 valence electrons. The van der Waals surface area contributed by atoms with Crippen LogP contribution in [0.3, 0.4) is 0 Å². The summed E-state index contributed by atoms with van der Waals surface area (Å²) in [6.07, 6.45) is 1.93. The Morgan fingerprint density at radius 1 is 1.22 bits per heavy atom. The zero-order valence-electron chi connectivity index (χ0n) is 13.0. The summed E-state index contributed by atoms with van der Waals surface area (Å²) in [5.41, 5.74) is 2.18. The SMILES string of the molecule is COc1ccc(CCn2cnc3cc(C)ccc3c2=O)c(F)c1. The molecule has 1 aromatic heterocycles. The van der Waals surface area contributed by atoms with Crippen molar-refractivity contribution in [2.45, 2.75) is 19.9 Å². The van der Waals surface area contributed by atoms with Crippen LogP contribution in [0.15, 0.2) is 47.5 Å². The number of aromatic nitrogens is 2. The van der Waals surface area contributed by atoms with E-state index in [4.69, 9.17) is 4.74 Å². The molecule has 3 rings (SSSR count). The molecule has 0 bridgehead atoms. The van der Waals surface area contributed by atoms with E-state index in [1.165, 1.54) is 24.1 Å². The van der Waals surface area contributed by atoms with Gasteiger partial charge in [0.2, 0.25) is 0 Å². The highest BCUT2D eigenvalue weighted by molar-refractivity contribution is 5.77. The second-order valence-electron chi connectivity index (χ2n) is 5.47. The minimum Gasteiger partial charge on any atom is -0.497 e. The average Bonchev–Trinajstić information content (AvgIpc) is 2.55. The fourth-order valence-corrected chi connectivity index (χ4v) is 2.53. The van der Waals surface area contributed by atoms with Gasteiger partial charge in [0, 0.05) is 12.6 Å². The van der Waals surface area contributed by atoms with E-state index in [0.717, 1.165) is 5.56 Å². The smallest absolute Gasteiger partial charge is 0.261 e. The maximum Gasteiger partial charge on any atom is 0.261 e. The van der Waals surface area contributed by atoms with Crippen molar-refractivity contribution in [2.24, 2.45) is 0 Å². The number of methoxy groups -OCH3 is 1. The van der Waals surface area contributed by atoms with Crippen molar-refractivity contribution in [1.29, 1.82) is 0 Å². The van der Waals surface area contributed by atoms with Crippen LogP contribution in [0, 0.1) is 12.7 Å². The summed E-state index contributed by atoms with van der Waals surface area (Å²) >= 11 is 0. The van der Waals surface area contributed by atoms with Crippen LogP contribution in [-0.2, 0) is 13.0 Å². The highest BCUT2D eigenvalue weighted by Crippen LogP contribution is 2.17. The van der Waals surface area contributed by atoms with Crippen LogP contribution in [0.1, 0.15) is 11.1 Å². The Hall–Kier alpha value is -2.69. The molecule has 4 nitrogen and oxygen atoms in total. The molecule has 0 unspecified atom stereocenters. The number of rotatable bonds is 4. The lowest BCUT2D eigenvalue weighted by molar-refractivity contribution is 0.410. The highest BCUT2D eigenvalue weighted by atomic mass is 19.1. The minimum atomic E-state index is -0.332. The fraction of sp³-hybridized carbons (Fsp3) is 0.222. The summed E-state index contributed by atoms with van der Waals surface area (Å²) in [4.78, 5) is 16.8. The van der Waals surface area contributed by atoms with Crippen LogP contribution in [0.25, 0.3) is 10.9 Å². The molecule has 0 radical (unpaired) electrons. The molecule has 0 spiro atoms. The van der Waals surface area contributed by atoms with Gasteiger partial charge in [0.15, 0.2) is 0 Å². The molecule has 0 aliphatic carbocycles. The van der Waals surface area contributed by atoms with E-state index >= 15 is 0 Å². The monoisotopic (exact) mass is 312 g/mol. The lowest BCUT2D eigenvalue weighted by Gasteiger charge is -2.09. The molecule has 23 heavy (non-hydrogen) atoms. The predicted molar refractivity (Wildman–Crippen MR) is 87.4 cm³/mol. The topological polar surface area (TPSA) is 44.1 Å². The summed E-state index contributed by atoms with van der Waals surface area (Å²) in [7, 11) is 1.50.